The Bertz CT molecular complexity index is 622. The maximum absolute atomic E-state index is 11.3. The van der Waals surface area contributed by atoms with Crippen molar-refractivity contribution in [2.75, 3.05) is 13.2 Å². The molecule has 0 saturated heterocycles. The van der Waals surface area contributed by atoms with E-state index in [1.165, 1.54) is 5.56 Å². The average molecular weight is 289 g/mol. The van der Waals surface area contributed by atoms with Gasteiger partial charge in [-0.2, -0.15) is 4.98 Å². The number of aryl methyl sites for hydroxylation is 2. The van der Waals surface area contributed by atoms with Crippen LogP contribution in [0.2, 0.25) is 0 Å². The molecule has 1 aromatic heterocycles. The minimum atomic E-state index is -0.430. The number of aromatic nitrogens is 3. The van der Waals surface area contributed by atoms with Crippen LogP contribution in [-0.4, -0.2) is 33.9 Å². The highest BCUT2D eigenvalue weighted by Crippen LogP contribution is 2.23. The standard InChI is InChI=1S/C15H19N3O3/c1-4-11-8-6-7-9-12(11)14-16-15(17-18(14)3)21-10-13(19)20-5-2/h6-9H,4-5,10H2,1-3H3. The Labute approximate surface area is 123 Å². The van der Waals surface area contributed by atoms with Crippen LogP contribution in [0.1, 0.15) is 19.4 Å². The molecule has 21 heavy (non-hydrogen) atoms. The largest absolute Gasteiger partial charge is 0.463 e. The zero-order valence-corrected chi connectivity index (χ0v) is 12.5. The van der Waals surface area contributed by atoms with Gasteiger partial charge in [-0.3, -0.25) is 0 Å². The van der Waals surface area contributed by atoms with Gasteiger partial charge in [0.15, 0.2) is 12.4 Å². The monoisotopic (exact) mass is 289 g/mol. The molecule has 0 spiro atoms. The highest BCUT2D eigenvalue weighted by Gasteiger charge is 2.14. The Morgan fingerprint density at radius 3 is 2.76 bits per heavy atom. The number of hydrogen-bond donors (Lipinski definition) is 0. The van der Waals surface area contributed by atoms with E-state index in [0.717, 1.165) is 12.0 Å². The number of hydrogen-bond acceptors (Lipinski definition) is 5. The van der Waals surface area contributed by atoms with Crippen molar-refractivity contribution in [2.24, 2.45) is 7.05 Å². The van der Waals surface area contributed by atoms with Gasteiger partial charge in [-0.15, -0.1) is 5.10 Å². The zero-order chi connectivity index (χ0) is 15.2. The predicted octanol–water partition coefficient (Wildman–Crippen LogP) is 1.99. The summed E-state index contributed by atoms with van der Waals surface area (Å²) in [6, 6.07) is 8.19. The molecule has 6 nitrogen and oxygen atoms in total. The maximum Gasteiger partial charge on any atom is 0.344 e. The number of esters is 1. The van der Waals surface area contributed by atoms with Crippen LogP contribution in [0, 0.1) is 0 Å². The Balaban J connectivity index is 2.17. The first-order valence-electron chi connectivity index (χ1n) is 6.93. The van der Waals surface area contributed by atoms with E-state index in [4.69, 9.17) is 9.47 Å². The Kier molecular flexibility index (Phi) is 4.92. The van der Waals surface area contributed by atoms with Gasteiger partial charge in [0, 0.05) is 12.6 Å². The third-order valence-corrected chi connectivity index (χ3v) is 3.01. The molecule has 112 valence electrons. The van der Waals surface area contributed by atoms with Gasteiger partial charge in [0.05, 0.1) is 6.61 Å². The summed E-state index contributed by atoms with van der Waals surface area (Å²) >= 11 is 0. The molecular formula is C15H19N3O3. The summed E-state index contributed by atoms with van der Waals surface area (Å²) in [5.41, 5.74) is 2.20. The van der Waals surface area contributed by atoms with Crippen LogP contribution in [0.4, 0.5) is 0 Å². The second-order valence-electron chi connectivity index (χ2n) is 4.45. The van der Waals surface area contributed by atoms with E-state index in [1.807, 2.05) is 18.2 Å². The molecule has 1 heterocycles. The Morgan fingerprint density at radius 1 is 1.29 bits per heavy atom. The lowest BCUT2D eigenvalue weighted by Gasteiger charge is -2.05. The smallest absolute Gasteiger partial charge is 0.344 e. The van der Waals surface area contributed by atoms with Gasteiger partial charge in [0.2, 0.25) is 0 Å². The number of nitrogens with zero attached hydrogens (tertiary/aromatic N) is 3. The fourth-order valence-corrected chi connectivity index (χ4v) is 2.03. The van der Waals surface area contributed by atoms with Crippen molar-refractivity contribution in [3.63, 3.8) is 0 Å². The second-order valence-corrected chi connectivity index (χ2v) is 4.45. The fraction of sp³-hybridized carbons (Fsp3) is 0.400. The normalized spacial score (nSPS) is 10.4. The van der Waals surface area contributed by atoms with E-state index in [1.54, 1.807) is 18.7 Å². The molecule has 1 aromatic carbocycles. The van der Waals surface area contributed by atoms with E-state index in [-0.39, 0.29) is 12.6 Å². The molecule has 0 atom stereocenters. The first-order chi connectivity index (χ1) is 10.2. The highest BCUT2D eigenvalue weighted by molar-refractivity contribution is 5.71. The quantitative estimate of drug-likeness (QED) is 0.761. The van der Waals surface area contributed by atoms with E-state index in [2.05, 4.69) is 23.1 Å². The van der Waals surface area contributed by atoms with Gasteiger partial charge in [-0.1, -0.05) is 31.2 Å². The number of carbonyl (C=O) groups excluding carboxylic acids is 1. The van der Waals surface area contributed by atoms with Crippen molar-refractivity contribution in [3.8, 4) is 17.4 Å². The molecule has 0 aliphatic heterocycles. The molecule has 6 heteroatoms. The molecule has 0 radical (unpaired) electrons. The molecule has 2 aromatic rings. The maximum atomic E-state index is 11.3. The third kappa shape index (κ3) is 3.59. The van der Waals surface area contributed by atoms with Crippen molar-refractivity contribution in [1.82, 2.24) is 14.8 Å². The average Bonchev–Trinajstić information content (AvgIpc) is 2.86. The SMILES string of the molecule is CCOC(=O)COc1nc(-c2ccccc2CC)n(C)n1. The van der Waals surface area contributed by atoms with Crippen molar-refractivity contribution in [2.45, 2.75) is 20.3 Å². The van der Waals surface area contributed by atoms with E-state index in [9.17, 15) is 4.79 Å². The molecule has 0 bridgehead atoms. The summed E-state index contributed by atoms with van der Waals surface area (Å²) in [5.74, 6) is 0.284. The summed E-state index contributed by atoms with van der Waals surface area (Å²) in [4.78, 5) is 15.6. The number of benzene rings is 1. The minimum absolute atomic E-state index is 0.173. The summed E-state index contributed by atoms with van der Waals surface area (Å²) in [6.45, 7) is 3.98. The summed E-state index contributed by atoms with van der Waals surface area (Å²) < 4.78 is 11.7. The first kappa shape index (κ1) is 15.0. The van der Waals surface area contributed by atoms with Crippen molar-refractivity contribution < 1.29 is 14.3 Å². The molecule has 0 saturated carbocycles. The van der Waals surface area contributed by atoms with Gasteiger partial charge in [-0.25, -0.2) is 9.48 Å². The van der Waals surface area contributed by atoms with E-state index in [0.29, 0.717) is 12.4 Å². The van der Waals surface area contributed by atoms with Gasteiger partial charge < -0.3 is 9.47 Å². The van der Waals surface area contributed by atoms with Crippen LogP contribution in [0.5, 0.6) is 6.01 Å². The van der Waals surface area contributed by atoms with E-state index >= 15 is 0 Å². The molecule has 0 N–H and O–H groups in total. The van der Waals surface area contributed by atoms with Crippen LogP contribution < -0.4 is 4.74 Å². The van der Waals surface area contributed by atoms with Crippen LogP contribution in [0.3, 0.4) is 0 Å². The van der Waals surface area contributed by atoms with Gasteiger partial charge in [-0.05, 0) is 18.9 Å². The highest BCUT2D eigenvalue weighted by atomic mass is 16.6. The molecular weight excluding hydrogens is 270 g/mol. The summed E-state index contributed by atoms with van der Waals surface area (Å²) in [6.07, 6.45) is 0.905. The molecule has 0 fully saturated rings. The van der Waals surface area contributed by atoms with Crippen LogP contribution in [0.25, 0.3) is 11.4 Å². The zero-order valence-electron chi connectivity index (χ0n) is 12.5. The van der Waals surface area contributed by atoms with Gasteiger partial charge in [0.25, 0.3) is 0 Å². The lowest BCUT2D eigenvalue weighted by molar-refractivity contribution is -0.145. The van der Waals surface area contributed by atoms with Crippen LogP contribution in [0.15, 0.2) is 24.3 Å². The molecule has 0 aliphatic rings. The molecule has 0 unspecified atom stereocenters. The lowest BCUT2D eigenvalue weighted by atomic mass is 10.1. The van der Waals surface area contributed by atoms with Gasteiger partial charge >= 0.3 is 12.0 Å². The Hall–Kier alpha value is -2.37. The molecule has 2 rings (SSSR count). The molecule has 0 amide bonds. The van der Waals surface area contributed by atoms with Crippen LogP contribution in [-0.2, 0) is 23.0 Å². The summed E-state index contributed by atoms with van der Waals surface area (Å²) in [7, 11) is 1.80. The fourth-order valence-electron chi connectivity index (χ4n) is 2.03. The topological polar surface area (TPSA) is 66.2 Å². The number of carbonyl (C=O) groups is 1. The van der Waals surface area contributed by atoms with Crippen molar-refractivity contribution in [3.05, 3.63) is 29.8 Å². The molecule has 0 aliphatic carbocycles. The van der Waals surface area contributed by atoms with Gasteiger partial charge in [0.1, 0.15) is 0 Å². The van der Waals surface area contributed by atoms with E-state index < -0.39 is 5.97 Å². The number of ether oxygens (including phenoxy) is 2. The van der Waals surface area contributed by atoms with Crippen molar-refractivity contribution in [1.29, 1.82) is 0 Å². The first-order valence-corrected chi connectivity index (χ1v) is 6.93. The third-order valence-electron chi connectivity index (χ3n) is 3.01. The second kappa shape index (κ2) is 6.88. The van der Waals surface area contributed by atoms with Crippen LogP contribution >= 0.6 is 0 Å². The number of rotatable bonds is 6. The minimum Gasteiger partial charge on any atom is -0.463 e. The summed E-state index contributed by atoms with van der Waals surface area (Å²) in [5, 5.41) is 4.17. The lowest BCUT2D eigenvalue weighted by Crippen LogP contribution is -2.15. The Morgan fingerprint density at radius 2 is 2.05 bits per heavy atom. The van der Waals surface area contributed by atoms with Crippen molar-refractivity contribution >= 4 is 5.97 Å². The predicted molar refractivity (Wildman–Crippen MR) is 77.9 cm³/mol.